The molecule has 0 radical (unpaired) electrons. The number of carbonyl (C=O) groups excluding carboxylic acids is 4. The summed E-state index contributed by atoms with van der Waals surface area (Å²) in [6.07, 6.45) is 21.5. The molecule has 0 saturated carbocycles. The molecule has 0 saturated heterocycles. The van der Waals surface area contributed by atoms with Gasteiger partial charge in [-0.2, -0.15) is 0 Å². The molecule has 1 aliphatic carbocycles. The summed E-state index contributed by atoms with van der Waals surface area (Å²) < 4.78 is 0. The van der Waals surface area contributed by atoms with E-state index >= 15 is 0 Å². The fourth-order valence-corrected chi connectivity index (χ4v) is 7.97. The van der Waals surface area contributed by atoms with E-state index in [0.717, 1.165) is 38.5 Å². The lowest BCUT2D eigenvalue weighted by molar-refractivity contribution is -0.118. The monoisotopic (exact) mass is 738 g/mol. The number of rotatable bonds is 30. The van der Waals surface area contributed by atoms with Crippen molar-refractivity contribution >= 4 is 45.3 Å². The van der Waals surface area contributed by atoms with Crippen LogP contribution >= 0.6 is 23.2 Å². The van der Waals surface area contributed by atoms with Gasteiger partial charge in [0.2, 0.25) is 10.5 Å². The van der Waals surface area contributed by atoms with Crippen LogP contribution in [-0.4, -0.2) is 46.2 Å². The zero-order chi connectivity index (χ0) is 37.6. The van der Waals surface area contributed by atoms with Crippen molar-refractivity contribution in [3.63, 3.8) is 0 Å². The Balaban J connectivity index is 3.50. The highest BCUT2D eigenvalue weighted by Gasteiger charge is 2.42. The van der Waals surface area contributed by atoms with E-state index in [4.69, 9.17) is 23.2 Å². The van der Waals surface area contributed by atoms with Crippen LogP contribution in [0.3, 0.4) is 0 Å². The molecule has 50 heavy (non-hydrogen) atoms. The van der Waals surface area contributed by atoms with Gasteiger partial charge >= 0.3 is 0 Å². The smallest absolute Gasteiger partial charge is 0.238 e. The standard InChI is InChI=1S/C42H72Cl2N2O4/c1-9-13-15-17-19-21-23-25-27-29(5)35-37(31(7)45-33(11-3)41(43)49)40(48)36(30(6)28-26-24-22-20-18-16-14-10-2)38(39(35)47)32(8)46-34(12-4)42(44)50/h29-34,45-46H,9-28H2,1-8H3. The first-order chi connectivity index (χ1) is 23.9. The lowest BCUT2D eigenvalue weighted by atomic mass is 9.71. The summed E-state index contributed by atoms with van der Waals surface area (Å²) in [5.74, 6) is -0.553. The van der Waals surface area contributed by atoms with E-state index in [1.807, 2.05) is 27.7 Å². The van der Waals surface area contributed by atoms with Crippen LogP contribution in [-0.2, 0) is 19.2 Å². The second-order valence-electron chi connectivity index (χ2n) is 14.9. The highest BCUT2D eigenvalue weighted by Crippen LogP contribution is 2.39. The molecule has 0 spiro atoms. The largest absolute Gasteiger partial charge is 0.300 e. The van der Waals surface area contributed by atoms with Gasteiger partial charge < -0.3 is 0 Å². The summed E-state index contributed by atoms with van der Waals surface area (Å²) >= 11 is 11.9. The molecule has 6 nitrogen and oxygen atoms in total. The van der Waals surface area contributed by atoms with E-state index in [-0.39, 0.29) is 23.4 Å². The second-order valence-corrected chi connectivity index (χ2v) is 15.7. The number of Topliss-reactive ketones (excluding diaryl/α,β-unsaturated/α-hetero) is 2. The van der Waals surface area contributed by atoms with Gasteiger partial charge in [0.25, 0.3) is 0 Å². The molecule has 6 unspecified atom stereocenters. The molecule has 0 aliphatic heterocycles. The van der Waals surface area contributed by atoms with E-state index < -0.39 is 34.7 Å². The molecule has 1 aliphatic rings. The fraction of sp³-hybridized carbons (Fsp3) is 0.810. The molecule has 2 N–H and O–H groups in total. The first-order valence-corrected chi connectivity index (χ1v) is 21.1. The topological polar surface area (TPSA) is 92.3 Å². The number of unbranched alkanes of at least 4 members (excludes halogenated alkanes) is 14. The summed E-state index contributed by atoms with van der Waals surface area (Å²) in [5, 5.41) is 5.59. The van der Waals surface area contributed by atoms with Crippen LogP contribution in [0.15, 0.2) is 22.3 Å². The predicted octanol–water partition coefficient (Wildman–Crippen LogP) is 11.1. The van der Waals surface area contributed by atoms with Crippen LogP contribution in [0.25, 0.3) is 0 Å². The molecule has 0 bridgehead atoms. The van der Waals surface area contributed by atoms with E-state index in [9.17, 15) is 19.2 Å². The van der Waals surface area contributed by atoms with Crippen LogP contribution in [0.5, 0.6) is 0 Å². The maximum atomic E-state index is 14.9. The predicted molar refractivity (Wildman–Crippen MR) is 212 cm³/mol. The summed E-state index contributed by atoms with van der Waals surface area (Å²) in [6.45, 7) is 16.1. The van der Waals surface area contributed by atoms with E-state index in [0.29, 0.717) is 35.1 Å². The van der Waals surface area contributed by atoms with Crippen molar-refractivity contribution < 1.29 is 19.2 Å². The maximum absolute atomic E-state index is 14.9. The molecule has 0 fully saturated rings. The van der Waals surface area contributed by atoms with E-state index in [1.165, 1.54) is 77.0 Å². The minimum atomic E-state index is -0.629. The van der Waals surface area contributed by atoms with Crippen molar-refractivity contribution in [1.82, 2.24) is 10.6 Å². The van der Waals surface area contributed by atoms with Gasteiger partial charge in [-0.3, -0.25) is 29.8 Å². The Hall–Kier alpha value is -1.34. The molecular weight excluding hydrogens is 667 g/mol. The van der Waals surface area contributed by atoms with Crippen molar-refractivity contribution in [1.29, 1.82) is 0 Å². The van der Waals surface area contributed by atoms with E-state index in [2.05, 4.69) is 38.3 Å². The maximum Gasteiger partial charge on any atom is 0.238 e. The van der Waals surface area contributed by atoms with Gasteiger partial charge in [-0.1, -0.05) is 144 Å². The number of ketones is 2. The van der Waals surface area contributed by atoms with Crippen molar-refractivity contribution in [2.75, 3.05) is 0 Å². The lowest BCUT2D eigenvalue weighted by Gasteiger charge is -2.35. The Morgan fingerprint density at radius 2 is 0.760 bits per heavy atom. The average Bonchev–Trinajstić information content (AvgIpc) is 3.07. The summed E-state index contributed by atoms with van der Waals surface area (Å²) in [4.78, 5) is 54.3. The summed E-state index contributed by atoms with van der Waals surface area (Å²) in [5.41, 5.74) is 2.00. The van der Waals surface area contributed by atoms with Gasteiger partial charge in [0.05, 0.1) is 12.1 Å². The van der Waals surface area contributed by atoms with E-state index in [1.54, 1.807) is 0 Å². The summed E-state index contributed by atoms with van der Waals surface area (Å²) in [6, 6.07) is -2.35. The van der Waals surface area contributed by atoms with Crippen molar-refractivity contribution in [3.05, 3.63) is 22.3 Å². The van der Waals surface area contributed by atoms with Gasteiger partial charge in [0.1, 0.15) is 0 Å². The molecule has 0 aromatic heterocycles. The fourth-order valence-electron chi connectivity index (χ4n) is 7.53. The molecule has 6 atom stereocenters. The van der Waals surface area contributed by atoms with Crippen molar-refractivity contribution in [3.8, 4) is 0 Å². The van der Waals surface area contributed by atoms with Gasteiger partial charge in [0.15, 0.2) is 11.6 Å². The van der Waals surface area contributed by atoms with Gasteiger partial charge in [-0.05, 0) is 74.6 Å². The molecule has 8 heteroatoms. The first-order valence-electron chi connectivity index (χ1n) is 20.4. The number of hydrogen-bond acceptors (Lipinski definition) is 6. The van der Waals surface area contributed by atoms with Crippen LogP contribution in [0.1, 0.15) is 184 Å². The first kappa shape index (κ1) is 46.7. The van der Waals surface area contributed by atoms with Gasteiger partial charge in [-0.15, -0.1) is 0 Å². The number of allylic oxidation sites excluding steroid dienone is 2. The van der Waals surface area contributed by atoms with Crippen LogP contribution in [0.4, 0.5) is 0 Å². The van der Waals surface area contributed by atoms with Gasteiger partial charge in [-0.25, -0.2) is 0 Å². The Kier molecular flexibility index (Phi) is 24.7. The highest BCUT2D eigenvalue weighted by atomic mass is 35.5. The quantitative estimate of drug-likeness (QED) is 0.0433. The normalized spacial score (nSPS) is 17.6. The minimum Gasteiger partial charge on any atom is -0.300 e. The number of halogens is 2. The summed E-state index contributed by atoms with van der Waals surface area (Å²) in [7, 11) is 0. The molecule has 0 heterocycles. The number of nitrogens with one attached hydrogen (secondary N) is 2. The van der Waals surface area contributed by atoms with Crippen LogP contribution < -0.4 is 10.6 Å². The third kappa shape index (κ3) is 15.7. The Morgan fingerprint density at radius 1 is 0.480 bits per heavy atom. The molecule has 0 amide bonds. The zero-order valence-corrected chi connectivity index (χ0v) is 34.5. The van der Waals surface area contributed by atoms with Crippen molar-refractivity contribution in [2.24, 2.45) is 11.8 Å². The number of carbonyl (C=O) groups is 4. The Labute approximate surface area is 316 Å². The molecule has 1 rings (SSSR count). The third-order valence-corrected chi connectivity index (χ3v) is 11.2. The minimum absolute atomic E-state index is 0.125. The average molecular weight is 740 g/mol. The molecule has 288 valence electrons. The SMILES string of the molecule is CCCCCCCCCCC(C)C1=C(C(C)NC(CC)C(=O)Cl)C(=O)C(C(C)CCCCCCCCCC)=C(C(C)NC(CC)C(=O)Cl)C1=O. The second kappa shape index (κ2) is 26.4. The molecule has 0 aromatic rings. The van der Waals surface area contributed by atoms with Crippen LogP contribution in [0.2, 0.25) is 0 Å². The van der Waals surface area contributed by atoms with Crippen LogP contribution in [0, 0.1) is 11.8 Å². The lowest BCUT2D eigenvalue weighted by Crippen LogP contribution is -2.48. The van der Waals surface area contributed by atoms with Gasteiger partial charge in [0, 0.05) is 34.4 Å². The zero-order valence-electron chi connectivity index (χ0n) is 33.0. The molecule has 0 aromatic carbocycles. The molecular formula is C42H72Cl2N2O4. The number of hydrogen-bond donors (Lipinski definition) is 2. The third-order valence-electron chi connectivity index (χ3n) is 10.7. The Morgan fingerprint density at radius 3 is 1.02 bits per heavy atom. The van der Waals surface area contributed by atoms with Crippen molar-refractivity contribution in [2.45, 2.75) is 208 Å². The highest BCUT2D eigenvalue weighted by molar-refractivity contribution is 6.65. The Bertz CT molecular complexity index is 1030.